The Kier molecular flexibility index (Phi) is 4.37. The van der Waals surface area contributed by atoms with Gasteiger partial charge in [0, 0.05) is 19.3 Å². The predicted molar refractivity (Wildman–Crippen MR) is 117 cm³/mol. The van der Waals surface area contributed by atoms with E-state index in [0.29, 0.717) is 0 Å². The molecule has 29 heavy (non-hydrogen) atoms. The second kappa shape index (κ2) is 6.38. The summed E-state index contributed by atoms with van der Waals surface area (Å²) in [6, 6.07) is 0. The summed E-state index contributed by atoms with van der Waals surface area (Å²) < 4.78 is 0. The first-order valence-electron chi connectivity index (χ1n) is 10.0. The molecule has 156 valence electrons. The van der Waals surface area contributed by atoms with Gasteiger partial charge in [0.1, 0.15) is 6.67 Å². The zero-order chi connectivity index (χ0) is 20.5. The predicted octanol–water partition coefficient (Wildman–Crippen LogP) is 2.50. The summed E-state index contributed by atoms with van der Waals surface area (Å²) in [5.41, 5.74) is 0. The lowest BCUT2D eigenvalue weighted by Crippen LogP contribution is -2.46. The number of nitrogens with zero attached hydrogens (tertiary/aromatic N) is 2. The fraction of sp³-hybridized carbons (Fsp3) is 0.789. The van der Waals surface area contributed by atoms with Crippen molar-refractivity contribution in [3.63, 3.8) is 0 Å². The zero-order valence-corrected chi connectivity index (χ0v) is 21.4. The number of hydrogen-bond donors (Lipinski definition) is 0. The van der Waals surface area contributed by atoms with Gasteiger partial charge in [0.2, 0.25) is 23.6 Å². The highest BCUT2D eigenvalue weighted by Crippen LogP contribution is 2.62. The Labute approximate surface area is 201 Å². The van der Waals surface area contributed by atoms with Gasteiger partial charge in [-0.25, -0.2) is 0 Å². The first-order valence-corrected chi connectivity index (χ1v) is 13.7. The van der Waals surface area contributed by atoms with Crippen LogP contribution in [0.2, 0.25) is 0 Å². The molecule has 12 unspecified atom stereocenters. The molecule has 0 radical (unpaired) electrons. The van der Waals surface area contributed by atoms with Crippen LogP contribution in [0, 0.1) is 47.3 Å². The lowest BCUT2D eigenvalue weighted by Gasteiger charge is -2.28. The summed E-state index contributed by atoms with van der Waals surface area (Å²) >= 11 is 14.7. The van der Waals surface area contributed by atoms with Gasteiger partial charge in [-0.05, 0) is 36.5 Å². The molecule has 6 aliphatic rings. The fourth-order valence-electron chi connectivity index (χ4n) is 7.24. The number of carbonyl (C=O) groups excluding carboxylic acids is 4. The van der Waals surface area contributed by atoms with Crippen LogP contribution in [0.3, 0.4) is 0 Å². The molecule has 2 saturated heterocycles. The van der Waals surface area contributed by atoms with Gasteiger partial charge in [-0.3, -0.25) is 29.0 Å². The highest BCUT2D eigenvalue weighted by Gasteiger charge is 2.69. The summed E-state index contributed by atoms with van der Waals surface area (Å²) in [5, 5.41) is 0. The molecule has 12 atom stereocenters. The van der Waals surface area contributed by atoms with Crippen molar-refractivity contribution in [2.24, 2.45) is 47.3 Å². The first-order chi connectivity index (χ1) is 13.7. The third-order valence-electron chi connectivity index (χ3n) is 8.44. The van der Waals surface area contributed by atoms with Gasteiger partial charge in [0.05, 0.1) is 23.7 Å². The van der Waals surface area contributed by atoms with E-state index in [9.17, 15) is 19.2 Å². The van der Waals surface area contributed by atoms with Crippen LogP contribution < -0.4 is 0 Å². The molecule has 0 spiro atoms. The topological polar surface area (TPSA) is 74.8 Å². The van der Waals surface area contributed by atoms with E-state index in [0.717, 1.165) is 12.8 Å². The molecule has 2 aliphatic heterocycles. The van der Waals surface area contributed by atoms with E-state index < -0.39 is 0 Å². The number of rotatable bonds is 2. The SMILES string of the molecule is O=C1C2C3CC(C(Br)C3Br)C2C(=O)N1CN1C(=O)C2C3CC(C(Br)C3Br)C2C1=O. The van der Waals surface area contributed by atoms with E-state index in [-0.39, 0.29) is 96.9 Å². The van der Waals surface area contributed by atoms with Gasteiger partial charge in [-0.1, -0.05) is 63.7 Å². The van der Waals surface area contributed by atoms with Gasteiger partial charge in [-0.15, -0.1) is 0 Å². The Bertz CT molecular complexity index is 737. The standard InChI is InChI=1S/C19H18Br4N2O4/c20-12-4-1-5(13(12)21)9-8(4)16(26)24(17(9)27)3-25-18(28)10-6-2-7(11(10)19(25)29)15(23)14(6)22/h4-15H,1-3H2. The second-order valence-corrected chi connectivity index (χ2v) is 13.6. The third-order valence-corrected chi connectivity index (χ3v) is 14.9. The van der Waals surface area contributed by atoms with Gasteiger partial charge in [0.15, 0.2) is 0 Å². The lowest BCUT2D eigenvalue weighted by atomic mass is 9.81. The van der Waals surface area contributed by atoms with E-state index in [1.54, 1.807) is 0 Å². The molecule has 6 nitrogen and oxygen atoms in total. The largest absolute Gasteiger partial charge is 0.274 e. The van der Waals surface area contributed by atoms with E-state index in [4.69, 9.17) is 0 Å². The Morgan fingerprint density at radius 3 is 1.03 bits per heavy atom. The average Bonchev–Trinajstić information content (AvgIpc) is 3.47. The molecule has 10 heteroatoms. The third kappa shape index (κ3) is 2.28. The molecule has 0 aromatic rings. The van der Waals surface area contributed by atoms with Crippen LogP contribution in [0.25, 0.3) is 0 Å². The smallest absolute Gasteiger partial charge is 0.234 e. The minimum absolute atomic E-state index is 0.124. The van der Waals surface area contributed by atoms with Crippen LogP contribution in [-0.4, -0.2) is 59.4 Å². The molecule has 0 aromatic carbocycles. The van der Waals surface area contributed by atoms with Crippen molar-refractivity contribution in [2.75, 3.05) is 6.67 Å². The number of alkyl halides is 4. The maximum absolute atomic E-state index is 13.1. The lowest BCUT2D eigenvalue weighted by molar-refractivity contribution is -0.149. The van der Waals surface area contributed by atoms with Crippen molar-refractivity contribution in [3.8, 4) is 0 Å². The zero-order valence-electron chi connectivity index (χ0n) is 15.1. The van der Waals surface area contributed by atoms with Crippen molar-refractivity contribution in [1.82, 2.24) is 9.80 Å². The van der Waals surface area contributed by atoms with Gasteiger partial charge in [0.25, 0.3) is 0 Å². The van der Waals surface area contributed by atoms with Gasteiger partial charge >= 0.3 is 0 Å². The number of imide groups is 2. The molecule has 0 aromatic heterocycles. The summed E-state index contributed by atoms with van der Waals surface area (Å²) in [6.45, 7) is -0.214. The molecule has 6 fully saturated rings. The van der Waals surface area contributed by atoms with Crippen molar-refractivity contribution < 1.29 is 19.2 Å². The number of hydrogen-bond acceptors (Lipinski definition) is 4. The van der Waals surface area contributed by atoms with Crippen molar-refractivity contribution in [2.45, 2.75) is 32.2 Å². The van der Waals surface area contributed by atoms with E-state index in [2.05, 4.69) is 63.7 Å². The Morgan fingerprint density at radius 2 is 0.793 bits per heavy atom. The summed E-state index contributed by atoms with van der Waals surface area (Å²) in [6.07, 6.45) is 1.72. The number of halogens is 4. The minimum Gasteiger partial charge on any atom is -0.274 e. The van der Waals surface area contributed by atoms with Crippen LogP contribution in [0.15, 0.2) is 0 Å². The number of fused-ring (bicyclic) bond motifs is 10. The molecule has 0 N–H and O–H groups in total. The molecular formula is C19H18Br4N2O4. The number of carbonyl (C=O) groups is 4. The Hall–Kier alpha value is 0.200. The molecule has 4 saturated carbocycles. The van der Waals surface area contributed by atoms with Gasteiger partial charge in [-0.2, -0.15) is 0 Å². The van der Waals surface area contributed by atoms with Crippen LogP contribution in [0.1, 0.15) is 12.8 Å². The van der Waals surface area contributed by atoms with E-state index >= 15 is 0 Å². The highest BCUT2D eigenvalue weighted by molar-refractivity contribution is 9.12. The van der Waals surface area contributed by atoms with Crippen LogP contribution in [-0.2, 0) is 19.2 Å². The normalized spacial score (nSPS) is 54.9. The molecule has 4 amide bonds. The highest BCUT2D eigenvalue weighted by atomic mass is 79.9. The van der Waals surface area contributed by atoms with Crippen LogP contribution in [0.4, 0.5) is 0 Å². The van der Waals surface area contributed by atoms with Crippen LogP contribution >= 0.6 is 63.7 Å². The maximum Gasteiger partial charge on any atom is 0.234 e. The van der Waals surface area contributed by atoms with Crippen LogP contribution in [0.5, 0.6) is 0 Å². The summed E-state index contributed by atoms with van der Waals surface area (Å²) in [4.78, 5) is 55.6. The monoisotopic (exact) mass is 654 g/mol. The van der Waals surface area contributed by atoms with Crippen molar-refractivity contribution in [3.05, 3.63) is 0 Å². The average molecular weight is 658 g/mol. The molecule has 4 aliphatic carbocycles. The van der Waals surface area contributed by atoms with Gasteiger partial charge < -0.3 is 0 Å². The first kappa shape index (κ1) is 19.9. The maximum atomic E-state index is 13.1. The van der Waals surface area contributed by atoms with E-state index in [1.807, 2.05) is 0 Å². The second-order valence-electron chi connectivity index (χ2n) is 9.36. The molecule has 4 bridgehead atoms. The van der Waals surface area contributed by atoms with Crippen molar-refractivity contribution >= 4 is 87.3 Å². The minimum atomic E-state index is -0.326. The van der Waals surface area contributed by atoms with E-state index in [1.165, 1.54) is 9.80 Å². The number of amides is 4. The Morgan fingerprint density at radius 1 is 0.552 bits per heavy atom. The number of likely N-dealkylation sites (tertiary alicyclic amines) is 2. The quantitative estimate of drug-likeness (QED) is 0.338. The van der Waals surface area contributed by atoms with Crippen molar-refractivity contribution in [1.29, 1.82) is 0 Å². The molecule has 6 rings (SSSR count). The fourth-order valence-corrected chi connectivity index (χ4v) is 11.0. The molecular weight excluding hydrogens is 640 g/mol. The summed E-state index contributed by atoms with van der Waals surface area (Å²) in [7, 11) is 0. The summed E-state index contributed by atoms with van der Waals surface area (Å²) in [5.74, 6) is -1.66. The molecule has 2 heterocycles. The Balaban J connectivity index is 1.26.